The van der Waals surface area contributed by atoms with E-state index in [4.69, 9.17) is 9.47 Å². The van der Waals surface area contributed by atoms with E-state index in [1.165, 1.54) is 12.8 Å². The number of rotatable bonds is 6. The summed E-state index contributed by atoms with van der Waals surface area (Å²) in [5.74, 6) is 0.482. The van der Waals surface area contributed by atoms with Crippen molar-refractivity contribution in [3.05, 3.63) is 23.8 Å². The van der Waals surface area contributed by atoms with E-state index in [9.17, 15) is 14.4 Å². The third-order valence-electron chi connectivity index (χ3n) is 4.66. The first-order chi connectivity index (χ1) is 13.1. The predicted molar refractivity (Wildman–Crippen MR) is 97.6 cm³/mol. The van der Waals surface area contributed by atoms with Crippen molar-refractivity contribution in [2.45, 2.75) is 32.1 Å². The molecule has 2 N–H and O–H groups in total. The monoisotopic (exact) mass is 375 g/mol. The molecular formula is C19H25N3O5. The van der Waals surface area contributed by atoms with Crippen LogP contribution in [0.4, 0.5) is 0 Å². The number of carbonyl (C=O) groups excluding carboxylic acids is 3. The normalized spacial score (nSPS) is 15.8. The summed E-state index contributed by atoms with van der Waals surface area (Å²) in [5, 5.41) is 5.23. The van der Waals surface area contributed by atoms with Gasteiger partial charge in [-0.1, -0.05) is 12.8 Å². The number of fused-ring (bicyclic) bond motifs is 1. The second-order valence-electron chi connectivity index (χ2n) is 6.65. The van der Waals surface area contributed by atoms with Gasteiger partial charge in [0.2, 0.25) is 18.6 Å². The second kappa shape index (κ2) is 9.25. The number of amides is 3. The minimum atomic E-state index is -0.371. The molecule has 2 heterocycles. The van der Waals surface area contributed by atoms with E-state index in [0.717, 1.165) is 25.9 Å². The maximum absolute atomic E-state index is 12.2. The highest BCUT2D eigenvalue weighted by Gasteiger charge is 2.17. The van der Waals surface area contributed by atoms with E-state index in [0.29, 0.717) is 17.1 Å². The molecule has 0 aliphatic carbocycles. The number of nitrogens with one attached hydrogen (secondary N) is 2. The topological polar surface area (TPSA) is 97.0 Å². The molecule has 0 spiro atoms. The van der Waals surface area contributed by atoms with Crippen molar-refractivity contribution < 1.29 is 23.9 Å². The van der Waals surface area contributed by atoms with Crippen LogP contribution in [0.3, 0.4) is 0 Å². The standard InChI is InChI=1S/C19H25N3O5/c23-17(20-8-7-18(24)22-9-3-1-2-4-10-22)12-21-19(25)14-5-6-15-16(11-14)27-13-26-15/h5-6,11H,1-4,7-10,12-13H2,(H,20,23)(H,21,25). The van der Waals surface area contributed by atoms with Gasteiger partial charge in [-0.15, -0.1) is 0 Å². The van der Waals surface area contributed by atoms with E-state index in [2.05, 4.69) is 10.6 Å². The summed E-state index contributed by atoms with van der Waals surface area (Å²) in [6.07, 6.45) is 4.71. The van der Waals surface area contributed by atoms with Crippen LogP contribution in [0.15, 0.2) is 18.2 Å². The van der Waals surface area contributed by atoms with Crippen molar-refractivity contribution in [2.75, 3.05) is 33.0 Å². The summed E-state index contributed by atoms with van der Waals surface area (Å²) in [4.78, 5) is 38.0. The lowest BCUT2D eigenvalue weighted by Crippen LogP contribution is -2.39. The summed E-state index contributed by atoms with van der Waals surface area (Å²) in [7, 11) is 0. The third-order valence-corrected chi connectivity index (χ3v) is 4.66. The number of nitrogens with zero attached hydrogens (tertiary/aromatic N) is 1. The fraction of sp³-hybridized carbons (Fsp3) is 0.526. The van der Waals surface area contributed by atoms with Crippen LogP contribution in [0.2, 0.25) is 0 Å². The average molecular weight is 375 g/mol. The highest BCUT2D eigenvalue weighted by Crippen LogP contribution is 2.32. The molecule has 3 amide bonds. The van der Waals surface area contributed by atoms with Gasteiger partial charge in [0.1, 0.15) is 0 Å². The van der Waals surface area contributed by atoms with Gasteiger partial charge in [0.15, 0.2) is 11.5 Å². The van der Waals surface area contributed by atoms with E-state index in [-0.39, 0.29) is 44.0 Å². The Morgan fingerprint density at radius 1 is 0.963 bits per heavy atom. The minimum Gasteiger partial charge on any atom is -0.454 e. The molecule has 3 rings (SSSR count). The molecular weight excluding hydrogens is 350 g/mol. The van der Waals surface area contributed by atoms with Gasteiger partial charge in [0.25, 0.3) is 5.91 Å². The number of carbonyl (C=O) groups is 3. The molecule has 0 unspecified atom stereocenters. The molecule has 0 radical (unpaired) electrons. The molecule has 8 heteroatoms. The van der Waals surface area contributed by atoms with Gasteiger partial charge in [0, 0.05) is 31.6 Å². The fourth-order valence-electron chi connectivity index (χ4n) is 3.15. The van der Waals surface area contributed by atoms with Crippen LogP contribution >= 0.6 is 0 Å². The third kappa shape index (κ3) is 5.35. The zero-order chi connectivity index (χ0) is 19.1. The highest BCUT2D eigenvalue weighted by atomic mass is 16.7. The summed E-state index contributed by atoms with van der Waals surface area (Å²) >= 11 is 0. The molecule has 1 saturated heterocycles. The van der Waals surface area contributed by atoms with E-state index < -0.39 is 0 Å². The molecule has 0 bridgehead atoms. The highest BCUT2D eigenvalue weighted by molar-refractivity contribution is 5.97. The Balaban J connectivity index is 1.35. The van der Waals surface area contributed by atoms with Crippen molar-refractivity contribution in [1.82, 2.24) is 15.5 Å². The Morgan fingerprint density at radius 2 is 1.70 bits per heavy atom. The van der Waals surface area contributed by atoms with Crippen LogP contribution in [0.25, 0.3) is 0 Å². The first-order valence-electron chi connectivity index (χ1n) is 9.36. The smallest absolute Gasteiger partial charge is 0.251 e. The maximum Gasteiger partial charge on any atom is 0.251 e. The zero-order valence-corrected chi connectivity index (χ0v) is 15.3. The molecule has 1 aromatic rings. The summed E-state index contributed by atoms with van der Waals surface area (Å²) in [5.41, 5.74) is 0.392. The van der Waals surface area contributed by atoms with Gasteiger partial charge in [-0.25, -0.2) is 0 Å². The Hall–Kier alpha value is -2.77. The molecule has 0 saturated carbocycles. The molecule has 146 valence electrons. The molecule has 2 aliphatic rings. The lowest BCUT2D eigenvalue weighted by molar-refractivity contribution is -0.131. The number of likely N-dealkylation sites (tertiary alicyclic amines) is 1. The first-order valence-corrected chi connectivity index (χ1v) is 9.36. The van der Waals surface area contributed by atoms with E-state index >= 15 is 0 Å². The molecule has 0 atom stereocenters. The van der Waals surface area contributed by atoms with Crippen LogP contribution in [0.1, 0.15) is 42.5 Å². The largest absolute Gasteiger partial charge is 0.454 e. The van der Waals surface area contributed by atoms with Crippen molar-refractivity contribution in [3.8, 4) is 11.5 Å². The Bertz CT molecular complexity index is 699. The van der Waals surface area contributed by atoms with Gasteiger partial charge in [0.05, 0.1) is 6.54 Å². The lowest BCUT2D eigenvalue weighted by atomic mass is 10.2. The lowest BCUT2D eigenvalue weighted by Gasteiger charge is -2.20. The quantitative estimate of drug-likeness (QED) is 0.775. The first kappa shape index (κ1) is 19.0. The van der Waals surface area contributed by atoms with Crippen molar-refractivity contribution in [2.24, 2.45) is 0 Å². The van der Waals surface area contributed by atoms with Crippen LogP contribution in [-0.2, 0) is 9.59 Å². The summed E-state index contributed by atoms with van der Waals surface area (Å²) in [6, 6.07) is 4.85. The molecule has 0 aromatic heterocycles. The van der Waals surface area contributed by atoms with Crippen LogP contribution in [-0.4, -0.2) is 55.6 Å². The number of hydrogen-bond donors (Lipinski definition) is 2. The number of benzene rings is 1. The fourth-order valence-corrected chi connectivity index (χ4v) is 3.15. The van der Waals surface area contributed by atoms with Crippen molar-refractivity contribution >= 4 is 17.7 Å². The van der Waals surface area contributed by atoms with Gasteiger partial charge >= 0.3 is 0 Å². The Kier molecular flexibility index (Phi) is 6.51. The number of ether oxygens (including phenoxy) is 2. The Morgan fingerprint density at radius 3 is 2.48 bits per heavy atom. The van der Waals surface area contributed by atoms with Gasteiger partial charge in [-0.05, 0) is 31.0 Å². The number of hydrogen-bond acceptors (Lipinski definition) is 5. The van der Waals surface area contributed by atoms with Gasteiger partial charge in [-0.2, -0.15) is 0 Å². The van der Waals surface area contributed by atoms with Crippen LogP contribution < -0.4 is 20.1 Å². The second-order valence-corrected chi connectivity index (χ2v) is 6.65. The summed E-state index contributed by atoms with van der Waals surface area (Å²) in [6.45, 7) is 1.87. The molecule has 27 heavy (non-hydrogen) atoms. The molecule has 1 fully saturated rings. The SMILES string of the molecule is O=C(CNC(=O)c1ccc2c(c1)OCO2)NCCC(=O)N1CCCCCC1. The van der Waals surface area contributed by atoms with Crippen LogP contribution in [0.5, 0.6) is 11.5 Å². The Labute approximate surface area is 158 Å². The van der Waals surface area contributed by atoms with Gasteiger partial charge < -0.3 is 25.0 Å². The summed E-state index contributed by atoms with van der Waals surface area (Å²) < 4.78 is 10.4. The molecule has 1 aromatic carbocycles. The van der Waals surface area contributed by atoms with E-state index in [1.807, 2.05) is 4.90 Å². The van der Waals surface area contributed by atoms with E-state index in [1.54, 1.807) is 18.2 Å². The maximum atomic E-state index is 12.2. The predicted octanol–water partition coefficient (Wildman–Crippen LogP) is 1.05. The van der Waals surface area contributed by atoms with Gasteiger partial charge in [-0.3, -0.25) is 14.4 Å². The average Bonchev–Trinajstić information content (AvgIpc) is 2.97. The minimum absolute atomic E-state index is 0.0709. The van der Waals surface area contributed by atoms with Crippen molar-refractivity contribution in [3.63, 3.8) is 0 Å². The molecule has 2 aliphatic heterocycles. The zero-order valence-electron chi connectivity index (χ0n) is 15.3. The molecule has 8 nitrogen and oxygen atoms in total. The van der Waals surface area contributed by atoms with Crippen LogP contribution in [0, 0.1) is 0 Å². The van der Waals surface area contributed by atoms with Crippen molar-refractivity contribution in [1.29, 1.82) is 0 Å².